The van der Waals surface area contributed by atoms with Crippen molar-refractivity contribution in [1.29, 1.82) is 0 Å². The van der Waals surface area contributed by atoms with Crippen molar-refractivity contribution in [1.82, 2.24) is 5.32 Å². The van der Waals surface area contributed by atoms with Crippen LogP contribution >= 0.6 is 0 Å². The Balaban J connectivity index is 2.23. The molecule has 0 spiro atoms. The average molecular weight is 770 g/mol. The molecule has 1 aliphatic rings. The first kappa shape index (κ1) is 50.9. The van der Waals surface area contributed by atoms with Crippen molar-refractivity contribution < 1.29 is 39.8 Å². The van der Waals surface area contributed by atoms with Gasteiger partial charge in [-0.1, -0.05) is 199 Å². The first-order valence-corrected chi connectivity index (χ1v) is 22.9. The predicted molar refractivity (Wildman–Crippen MR) is 221 cm³/mol. The van der Waals surface area contributed by atoms with Gasteiger partial charge in [0.25, 0.3) is 0 Å². The molecule has 9 nitrogen and oxygen atoms in total. The summed E-state index contributed by atoms with van der Waals surface area (Å²) in [5, 5.41) is 54.0. The molecule has 320 valence electrons. The van der Waals surface area contributed by atoms with E-state index in [1.54, 1.807) is 6.08 Å². The van der Waals surface area contributed by atoms with Crippen LogP contribution in [0.1, 0.15) is 213 Å². The molecule has 0 aromatic carbocycles. The van der Waals surface area contributed by atoms with Crippen molar-refractivity contribution in [2.24, 2.45) is 0 Å². The van der Waals surface area contributed by atoms with Gasteiger partial charge in [-0.05, 0) is 19.3 Å². The van der Waals surface area contributed by atoms with Crippen LogP contribution in [0.4, 0.5) is 0 Å². The molecular weight excluding hydrogens is 682 g/mol. The van der Waals surface area contributed by atoms with Crippen molar-refractivity contribution in [3.05, 3.63) is 12.2 Å². The van der Waals surface area contributed by atoms with Gasteiger partial charge in [0.15, 0.2) is 6.29 Å². The summed E-state index contributed by atoms with van der Waals surface area (Å²) in [7, 11) is 0. The Labute approximate surface area is 331 Å². The fraction of sp³-hybridized carbons (Fsp3) is 0.933. The van der Waals surface area contributed by atoms with E-state index in [-0.39, 0.29) is 12.5 Å². The summed E-state index contributed by atoms with van der Waals surface area (Å²) in [4.78, 5) is 12.9. The van der Waals surface area contributed by atoms with Crippen molar-refractivity contribution in [2.45, 2.75) is 256 Å². The third-order valence-electron chi connectivity index (χ3n) is 11.1. The van der Waals surface area contributed by atoms with Gasteiger partial charge in [-0.3, -0.25) is 4.79 Å². The molecule has 0 aromatic rings. The lowest BCUT2D eigenvalue weighted by Crippen LogP contribution is -2.60. The molecule has 7 atom stereocenters. The van der Waals surface area contributed by atoms with Crippen LogP contribution in [0.2, 0.25) is 0 Å². The number of unbranched alkanes of at least 4 members (excludes halogenated alkanes) is 28. The highest BCUT2D eigenvalue weighted by atomic mass is 16.7. The highest BCUT2D eigenvalue weighted by Gasteiger charge is 2.44. The number of allylic oxidation sites excluding steroid dienone is 1. The smallest absolute Gasteiger partial charge is 0.220 e. The van der Waals surface area contributed by atoms with Gasteiger partial charge in [0.2, 0.25) is 5.91 Å². The Hall–Kier alpha value is -1.07. The lowest BCUT2D eigenvalue weighted by molar-refractivity contribution is -0.302. The normalized spacial score (nSPS) is 21.5. The van der Waals surface area contributed by atoms with E-state index in [0.717, 1.165) is 38.5 Å². The van der Waals surface area contributed by atoms with Gasteiger partial charge in [-0.25, -0.2) is 0 Å². The number of carbonyl (C=O) groups is 1. The molecule has 0 bridgehead atoms. The molecule has 1 rings (SSSR count). The molecule has 6 N–H and O–H groups in total. The largest absolute Gasteiger partial charge is 0.394 e. The fourth-order valence-corrected chi connectivity index (χ4v) is 7.39. The Kier molecular flexibility index (Phi) is 34.2. The maximum Gasteiger partial charge on any atom is 0.220 e. The van der Waals surface area contributed by atoms with Crippen LogP contribution in [-0.2, 0) is 14.3 Å². The minimum atomic E-state index is -1.56. The highest BCUT2D eigenvalue weighted by molar-refractivity contribution is 5.76. The van der Waals surface area contributed by atoms with Crippen LogP contribution < -0.4 is 5.32 Å². The lowest BCUT2D eigenvalue weighted by atomic mass is 9.99. The van der Waals surface area contributed by atoms with Gasteiger partial charge in [-0.2, -0.15) is 0 Å². The minimum Gasteiger partial charge on any atom is -0.394 e. The number of nitrogens with one attached hydrogen (secondary N) is 1. The van der Waals surface area contributed by atoms with E-state index in [0.29, 0.717) is 6.42 Å². The zero-order valence-corrected chi connectivity index (χ0v) is 35.0. The molecule has 9 heteroatoms. The van der Waals surface area contributed by atoms with Gasteiger partial charge in [-0.15, -0.1) is 0 Å². The van der Waals surface area contributed by atoms with Crippen molar-refractivity contribution in [3.63, 3.8) is 0 Å². The second kappa shape index (κ2) is 36.3. The van der Waals surface area contributed by atoms with Crippen LogP contribution in [0, 0.1) is 0 Å². The van der Waals surface area contributed by atoms with E-state index in [4.69, 9.17) is 9.47 Å². The first-order chi connectivity index (χ1) is 26.3. The Bertz CT molecular complexity index is 858. The minimum absolute atomic E-state index is 0.176. The quantitative estimate of drug-likeness (QED) is 0.0269. The third kappa shape index (κ3) is 26.7. The number of carbonyl (C=O) groups excluding carboxylic acids is 1. The monoisotopic (exact) mass is 770 g/mol. The third-order valence-corrected chi connectivity index (χ3v) is 11.1. The van der Waals surface area contributed by atoms with Crippen LogP contribution in [0.5, 0.6) is 0 Å². The second-order valence-corrected chi connectivity index (χ2v) is 16.2. The molecule has 0 saturated carbocycles. The molecule has 1 amide bonds. The fourth-order valence-electron chi connectivity index (χ4n) is 7.39. The SMILES string of the molecule is CCCCCCCCC/C=C/[C@@H](O)[C@H](CO[C@@H]1O[C@H](CO)[C@H](O)C(O)C1O)NC(=O)CCCCCCCCCCCCCCCCCCCCCCCC. The van der Waals surface area contributed by atoms with Crippen molar-refractivity contribution in [3.8, 4) is 0 Å². The van der Waals surface area contributed by atoms with E-state index < -0.39 is 49.5 Å². The van der Waals surface area contributed by atoms with Gasteiger partial charge >= 0.3 is 0 Å². The van der Waals surface area contributed by atoms with E-state index >= 15 is 0 Å². The zero-order valence-electron chi connectivity index (χ0n) is 35.0. The summed E-state index contributed by atoms with van der Waals surface area (Å²) >= 11 is 0. The summed E-state index contributed by atoms with van der Waals surface area (Å²) < 4.78 is 11.2. The van der Waals surface area contributed by atoms with Crippen LogP contribution in [0.25, 0.3) is 0 Å². The Morgan fingerprint density at radius 1 is 0.611 bits per heavy atom. The summed E-state index contributed by atoms with van der Waals surface area (Å²) in [6, 6.07) is -0.796. The summed E-state index contributed by atoms with van der Waals surface area (Å²) in [6.07, 6.45) is 34.2. The average Bonchev–Trinajstić information content (AvgIpc) is 3.17. The molecule has 1 heterocycles. The lowest BCUT2D eigenvalue weighted by Gasteiger charge is -2.40. The first-order valence-electron chi connectivity index (χ1n) is 22.9. The molecule has 0 aliphatic carbocycles. The molecule has 1 saturated heterocycles. The van der Waals surface area contributed by atoms with Gasteiger partial charge < -0.3 is 40.3 Å². The summed E-state index contributed by atoms with van der Waals surface area (Å²) in [6.45, 7) is 3.75. The number of amides is 1. The van der Waals surface area contributed by atoms with E-state index in [2.05, 4.69) is 19.2 Å². The Morgan fingerprint density at radius 2 is 1.02 bits per heavy atom. The van der Waals surface area contributed by atoms with Gasteiger partial charge in [0.1, 0.15) is 24.4 Å². The molecule has 1 fully saturated rings. The zero-order chi connectivity index (χ0) is 39.5. The topological polar surface area (TPSA) is 149 Å². The summed E-state index contributed by atoms with van der Waals surface area (Å²) in [5.74, 6) is -0.176. The molecular formula is C45H87NO8. The van der Waals surface area contributed by atoms with Gasteiger partial charge in [0.05, 0.1) is 25.4 Å². The standard InChI is InChI=1S/C45H87NO8/c1-3-5-7-9-11-13-14-15-16-17-18-19-20-21-22-23-24-25-27-29-31-33-35-41(49)46-38(39(48)34-32-30-28-26-12-10-8-6-4-2)37-53-45-44(52)43(51)42(50)40(36-47)54-45/h32,34,38-40,42-45,47-48,50-52H,3-31,33,35-37H2,1-2H3,(H,46,49)/b34-32+/t38-,39+,40+,42-,43?,44?,45+/m0/s1. The maximum absolute atomic E-state index is 12.9. The highest BCUT2D eigenvalue weighted by Crippen LogP contribution is 2.23. The molecule has 54 heavy (non-hydrogen) atoms. The van der Waals surface area contributed by atoms with Gasteiger partial charge in [0, 0.05) is 6.42 Å². The molecule has 0 aromatic heterocycles. The second-order valence-electron chi connectivity index (χ2n) is 16.2. The van der Waals surface area contributed by atoms with E-state index in [9.17, 15) is 30.3 Å². The van der Waals surface area contributed by atoms with E-state index in [1.807, 2.05) is 6.08 Å². The number of hydrogen-bond acceptors (Lipinski definition) is 8. The van der Waals surface area contributed by atoms with Crippen molar-refractivity contribution >= 4 is 5.91 Å². The van der Waals surface area contributed by atoms with Crippen LogP contribution in [-0.4, -0.2) is 87.5 Å². The molecule has 1 aliphatic heterocycles. The molecule has 2 unspecified atom stereocenters. The van der Waals surface area contributed by atoms with Crippen LogP contribution in [0.15, 0.2) is 12.2 Å². The predicted octanol–water partition coefficient (Wildman–Crippen LogP) is 9.34. The number of aliphatic hydroxyl groups excluding tert-OH is 5. The number of rotatable bonds is 38. The van der Waals surface area contributed by atoms with E-state index in [1.165, 1.54) is 154 Å². The Morgan fingerprint density at radius 3 is 1.44 bits per heavy atom. The number of ether oxygens (including phenoxy) is 2. The van der Waals surface area contributed by atoms with Crippen LogP contribution in [0.3, 0.4) is 0 Å². The maximum atomic E-state index is 12.9. The number of aliphatic hydroxyl groups is 5. The number of hydrogen-bond donors (Lipinski definition) is 6. The van der Waals surface area contributed by atoms with Crippen molar-refractivity contribution in [2.75, 3.05) is 13.2 Å². The summed E-state index contributed by atoms with van der Waals surface area (Å²) in [5.41, 5.74) is 0. The molecule has 0 radical (unpaired) electrons.